The first-order valence-corrected chi connectivity index (χ1v) is 12.4. The van der Waals surface area contributed by atoms with Crippen LogP contribution in [0.3, 0.4) is 0 Å². The molecule has 8 heteroatoms. The molecule has 0 aromatic heterocycles. The predicted octanol–water partition coefficient (Wildman–Crippen LogP) is 3.41. The summed E-state index contributed by atoms with van der Waals surface area (Å²) in [5, 5.41) is 0. The average Bonchev–Trinajstić information content (AvgIpc) is 2.87. The van der Waals surface area contributed by atoms with Crippen LogP contribution in [0.1, 0.15) is 52.7 Å². The SMILES string of the molecule is CC(C)(C)NS(=O)(=O)c1ccc2c(c1)Cc1cc(S(=O)(=O)NC(C)(C)C)ccc1-2. The van der Waals surface area contributed by atoms with Crippen molar-refractivity contribution in [1.29, 1.82) is 0 Å². The van der Waals surface area contributed by atoms with Crippen LogP contribution in [0.2, 0.25) is 0 Å². The van der Waals surface area contributed by atoms with E-state index in [4.69, 9.17) is 0 Å². The number of sulfonamides is 2. The summed E-state index contributed by atoms with van der Waals surface area (Å²) in [4.78, 5) is 0.419. The third-order valence-corrected chi connectivity index (χ3v) is 7.84. The molecule has 0 unspecified atom stereocenters. The summed E-state index contributed by atoms with van der Waals surface area (Å²) in [6.45, 7) is 10.8. The van der Waals surface area contributed by atoms with Crippen LogP contribution in [0.5, 0.6) is 0 Å². The van der Waals surface area contributed by atoms with Crippen molar-refractivity contribution in [3.8, 4) is 11.1 Å². The molecule has 0 bridgehead atoms. The molecule has 2 N–H and O–H groups in total. The fraction of sp³-hybridized carbons (Fsp3) is 0.429. The summed E-state index contributed by atoms with van der Waals surface area (Å²) in [5.74, 6) is 0. The van der Waals surface area contributed by atoms with Crippen molar-refractivity contribution >= 4 is 20.0 Å². The van der Waals surface area contributed by atoms with Crippen LogP contribution in [0, 0.1) is 0 Å². The fourth-order valence-corrected chi connectivity index (χ4v) is 6.36. The number of hydrogen-bond acceptors (Lipinski definition) is 4. The van der Waals surface area contributed by atoms with Crippen LogP contribution < -0.4 is 9.44 Å². The zero-order valence-electron chi connectivity index (χ0n) is 17.6. The first-order valence-electron chi connectivity index (χ1n) is 9.42. The van der Waals surface area contributed by atoms with Crippen molar-refractivity contribution in [1.82, 2.24) is 9.44 Å². The smallest absolute Gasteiger partial charge is 0.207 e. The van der Waals surface area contributed by atoms with Crippen LogP contribution in [-0.2, 0) is 26.5 Å². The summed E-state index contributed by atoms with van der Waals surface area (Å²) in [7, 11) is -7.27. The van der Waals surface area contributed by atoms with Crippen molar-refractivity contribution in [2.75, 3.05) is 0 Å². The van der Waals surface area contributed by atoms with E-state index < -0.39 is 31.1 Å². The van der Waals surface area contributed by atoms with Crippen molar-refractivity contribution in [2.24, 2.45) is 0 Å². The zero-order valence-corrected chi connectivity index (χ0v) is 19.3. The Hall–Kier alpha value is -1.74. The summed E-state index contributed by atoms with van der Waals surface area (Å²) >= 11 is 0. The molecule has 2 aromatic carbocycles. The van der Waals surface area contributed by atoms with Gasteiger partial charge >= 0.3 is 0 Å². The molecule has 0 radical (unpaired) electrons. The number of fused-ring (bicyclic) bond motifs is 3. The van der Waals surface area contributed by atoms with Gasteiger partial charge in [-0.2, -0.15) is 0 Å². The Morgan fingerprint density at radius 3 is 1.31 bits per heavy atom. The minimum atomic E-state index is -3.63. The fourth-order valence-electron chi connectivity index (χ4n) is 3.42. The highest BCUT2D eigenvalue weighted by Crippen LogP contribution is 2.38. The minimum absolute atomic E-state index is 0.209. The van der Waals surface area contributed by atoms with Crippen molar-refractivity contribution in [3.63, 3.8) is 0 Å². The molecule has 6 nitrogen and oxygen atoms in total. The van der Waals surface area contributed by atoms with Gasteiger partial charge in [0.05, 0.1) is 9.79 Å². The van der Waals surface area contributed by atoms with E-state index >= 15 is 0 Å². The second-order valence-electron chi connectivity index (χ2n) is 9.53. The van der Waals surface area contributed by atoms with Crippen LogP contribution in [0.4, 0.5) is 0 Å². The number of benzene rings is 2. The average molecular weight is 437 g/mol. The molecule has 0 spiro atoms. The molecular weight excluding hydrogens is 408 g/mol. The van der Waals surface area contributed by atoms with Gasteiger partial charge in [-0.05, 0) is 94.5 Å². The molecule has 3 rings (SSSR count). The van der Waals surface area contributed by atoms with E-state index in [0.717, 1.165) is 22.3 Å². The van der Waals surface area contributed by atoms with Crippen molar-refractivity contribution < 1.29 is 16.8 Å². The van der Waals surface area contributed by atoms with E-state index in [1.54, 1.807) is 77.9 Å². The van der Waals surface area contributed by atoms with Gasteiger partial charge in [0.1, 0.15) is 0 Å². The Balaban J connectivity index is 1.96. The first-order chi connectivity index (χ1) is 13.1. The number of nitrogens with one attached hydrogen (secondary N) is 2. The van der Waals surface area contributed by atoms with Crippen LogP contribution in [0.25, 0.3) is 11.1 Å². The van der Waals surface area contributed by atoms with Gasteiger partial charge in [0.15, 0.2) is 0 Å². The highest BCUT2D eigenvalue weighted by atomic mass is 32.2. The summed E-state index contributed by atoms with van der Waals surface area (Å²) in [5.41, 5.74) is 2.45. The lowest BCUT2D eigenvalue weighted by atomic mass is 10.1. The normalized spacial score (nSPS) is 14.6. The van der Waals surface area contributed by atoms with E-state index in [2.05, 4.69) is 9.44 Å². The number of hydrogen-bond donors (Lipinski definition) is 2. The summed E-state index contributed by atoms with van der Waals surface area (Å²) in [6.07, 6.45) is 0.489. The molecule has 0 aliphatic heterocycles. The molecule has 0 atom stereocenters. The number of rotatable bonds is 4. The third kappa shape index (κ3) is 4.88. The maximum absolute atomic E-state index is 12.6. The molecule has 158 valence electrons. The second-order valence-corrected chi connectivity index (χ2v) is 12.9. The van der Waals surface area contributed by atoms with E-state index in [1.165, 1.54) is 0 Å². The molecule has 0 saturated heterocycles. The molecular formula is C21H28N2O4S2. The topological polar surface area (TPSA) is 92.3 Å². The maximum Gasteiger partial charge on any atom is 0.241 e. The molecule has 1 aliphatic rings. The third-order valence-electron chi connectivity index (χ3n) is 4.33. The van der Waals surface area contributed by atoms with Crippen LogP contribution >= 0.6 is 0 Å². The van der Waals surface area contributed by atoms with Crippen LogP contribution in [-0.4, -0.2) is 27.9 Å². The lowest BCUT2D eigenvalue weighted by Crippen LogP contribution is -2.40. The molecule has 1 aliphatic carbocycles. The van der Waals surface area contributed by atoms with Gasteiger partial charge in [0.25, 0.3) is 0 Å². The van der Waals surface area contributed by atoms with Gasteiger partial charge in [-0.15, -0.1) is 0 Å². The van der Waals surface area contributed by atoms with E-state index in [1.807, 2.05) is 0 Å². The van der Waals surface area contributed by atoms with Crippen molar-refractivity contribution in [2.45, 2.75) is 68.8 Å². The Bertz CT molecular complexity index is 1080. The lowest BCUT2D eigenvalue weighted by Gasteiger charge is -2.20. The molecule has 29 heavy (non-hydrogen) atoms. The molecule has 0 amide bonds. The van der Waals surface area contributed by atoms with Gasteiger partial charge in [-0.3, -0.25) is 0 Å². The quantitative estimate of drug-likeness (QED) is 0.655. The lowest BCUT2D eigenvalue weighted by molar-refractivity contribution is 0.490. The highest BCUT2D eigenvalue weighted by Gasteiger charge is 2.27. The maximum atomic E-state index is 12.6. The highest BCUT2D eigenvalue weighted by molar-refractivity contribution is 7.89. The van der Waals surface area contributed by atoms with Gasteiger partial charge in [0.2, 0.25) is 20.0 Å². The molecule has 0 fully saturated rings. The Morgan fingerprint density at radius 1 is 0.655 bits per heavy atom. The molecule has 2 aromatic rings. The summed E-state index contributed by atoms with van der Waals surface area (Å²) in [6, 6.07) is 10.1. The Morgan fingerprint density at radius 2 is 1.00 bits per heavy atom. The Kier molecular flexibility index (Phi) is 5.23. The molecule has 0 heterocycles. The van der Waals surface area contributed by atoms with Gasteiger partial charge in [-0.1, -0.05) is 12.1 Å². The van der Waals surface area contributed by atoms with Gasteiger partial charge < -0.3 is 0 Å². The second kappa shape index (κ2) is 6.91. The van der Waals surface area contributed by atoms with Crippen molar-refractivity contribution in [3.05, 3.63) is 47.5 Å². The van der Waals surface area contributed by atoms with Gasteiger partial charge in [-0.25, -0.2) is 26.3 Å². The summed E-state index contributed by atoms with van der Waals surface area (Å²) < 4.78 is 55.9. The first kappa shape index (κ1) is 22.0. The predicted molar refractivity (Wildman–Crippen MR) is 115 cm³/mol. The Labute approximate surface area is 173 Å². The monoisotopic (exact) mass is 436 g/mol. The minimum Gasteiger partial charge on any atom is -0.207 e. The van der Waals surface area contributed by atoms with E-state index in [-0.39, 0.29) is 9.79 Å². The van der Waals surface area contributed by atoms with Crippen LogP contribution in [0.15, 0.2) is 46.2 Å². The van der Waals surface area contributed by atoms with Gasteiger partial charge in [0, 0.05) is 11.1 Å². The standard InChI is InChI=1S/C21H28N2O4S2/c1-20(2,3)22-28(24,25)16-7-9-18-14(12-16)11-15-13-17(8-10-19(15)18)29(26,27)23-21(4,5)6/h7-10,12-13,22-23H,11H2,1-6H3. The molecule has 0 saturated carbocycles. The van der Waals surface area contributed by atoms with E-state index in [9.17, 15) is 16.8 Å². The largest absolute Gasteiger partial charge is 0.241 e. The van der Waals surface area contributed by atoms with E-state index in [0.29, 0.717) is 6.42 Å². The zero-order chi connectivity index (χ0) is 21.8.